The number of unbranched alkanes of at least 4 members (excludes halogenated alkanes) is 45. The highest BCUT2D eigenvalue weighted by atomic mass is 16.5. The first-order valence-electron chi connectivity index (χ1n) is 31.1. The Morgan fingerprint density at radius 1 is 0.391 bits per heavy atom. The van der Waals surface area contributed by atoms with Gasteiger partial charge >= 0.3 is 5.97 Å². The lowest BCUT2D eigenvalue weighted by molar-refractivity contribution is -0.143. The van der Waals surface area contributed by atoms with E-state index >= 15 is 0 Å². The summed E-state index contributed by atoms with van der Waals surface area (Å²) >= 11 is 0. The van der Waals surface area contributed by atoms with Crippen LogP contribution < -0.4 is 5.32 Å². The zero-order chi connectivity index (χ0) is 50.0. The number of aliphatic hydroxyl groups is 2. The minimum Gasteiger partial charge on any atom is -0.466 e. The van der Waals surface area contributed by atoms with Gasteiger partial charge in [-0.3, -0.25) is 9.59 Å². The summed E-state index contributed by atoms with van der Waals surface area (Å²) in [7, 11) is 0. The van der Waals surface area contributed by atoms with Gasteiger partial charge in [-0.1, -0.05) is 295 Å². The van der Waals surface area contributed by atoms with Gasteiger partial charge in [0.25, 0.3) is 0 Å². The summed E-state index contributed by atoms with van der Waals surface area (Å²) in [5, 5.41) is 23.2. The smallest absolute Gasteiger partial charge is 0.305 e. The Kier molecular flexibility index (Phi) is 57.5. The Hall–Kier alpha value is -1.66. The highest BCUT2D eigenvalue weighted by molar-refractivity contribution is 5.76. The van der Waals surface area contributed by atoms with Crippen molar-refractivity contribution in [3.8, 4) is 0 Å². The first-order valence-corrected chi connectivity index (χ1v) is 31.1. The molecule has 0 aliphatic heterocycles. The summed E-state index contributed by atoms with van der Waals surface area (Å²) in [4.78, 5) is 24.5. The van der Waals surface area contributed by atoms with Crippen molar-refractivity contribution in [2.24, 2.45) is 0 Å². The minimum atomic E-state index is -0.844. The first-order chi connectivity index (χ1) is 34.0. The van der Waals surface area contributed by atoms with E-state index in [2.05, 4.69) is 31.3 Å². The van der Waals surface area contributed by atoms with Crippen LogP contribution in [0.5, 0.6) is 0 Å². The molecular weight excluding hydrogens is 851 g/mol. The molecule has 408 valence electrons. The van der Waals surface area contributed by atoms with Crippen LogP contribution in [0.1, 0.15) is 341 Å². The van der Waals surface area contributed by atoms with Crippen molar-refractivity contribution in [3.63, 3.8) is 0 Å². The molecule has 0 radical (unpaired) electrons. The van der Waals surface area contributed by atoms with Gasteiger partial charge in [-0.25, -0.2) is 0 Å². The number of ether oxygens (including phenoxy) is 1. The minimum absolute atomic E-state index is 0.00375. The molecule has 0 aliphatic carbocycles. The SMILES string of the molecule is CCCCCC/C=C\CCCCCCCC(=O)OCCCCCCCCCCCCCCCCCCCCCCCCC(=O)NC(CO)C(O)/C=C/CCCCCCCCCCCCCCCCC. The number of carbonyl (C=O) groups excluding carboxylic acids is 2. The lowest BCUT2D eigenvalue weighted by atomic mass is 10.0. The summed E-state index contributed by atoms with van der Waals surface area (Å²) in [5.74, 6) is -0.0622. The second-order valence-corrected chi connectivity index (χ2v) is 21.4. The maximum atomic E-state index is 12.5. The Morgan fingerprint density at radius 3 is 1.04 bits per heavy atom. The van der Waals surface area contributed by atoms with E-state index in [1.807, 2.05) is 6.08 Å². The van der Waals surface area contributed by atoms with Gasteiger partial charge in [-0.05, 0) is 57.8 Å². The molecule has 0 fully saturated rings. The Balaban J connectivity index is 3.41. The zero-order valence-corrected chi connectivity index (χ0v) is 46.6. The van der Waals surface area contributed by atoms with E-state index in [0.717, 1.165) is 44.9 Å². The normalized spacial score (nSPS) is 12.7. The van der Waals surface area contributed by atoms with Crippen molar-refractivity contribution in [1.82, 2.24) is 5.32 Å². The Labute approximate surface area is 431 Å². The number of allylic oxidation sites excluding steroid dienone is 3. The molecule has 3 N–H and O–H groups in total. The molecule has 0 saturated carbocycles. The number of rotatable bonds is 58. The predicted octanol–water partition coefficient (Wildman–Crippen LogP) is 19.4. The van der Waals surface area contributed by atoms with Crippen LogP contribution in [0.3, 0.4) is 0 Å². The maximum absolute atomic E-state index is 12.5. The molecule has 69 heavy (non-hydrogen) atoms. The van der Waals surface area contributed by atoms with E-state index in [1.165, 1.54) is 270 Å². The zero-order valence-electron chi connectivity index (χ0n) is 46.6. The predicted molar refractivity (Wildman–Crippen MR) is 301 cm³/mol. The molecule has 2 atom stereocenters. The van der Waals surface area contributed by atoms with Crippen molar-refractivity contribution in [2.45, 2.75) is 353 Å². The van der Waals surface area contributed by atoms with Gasteiger partial charge in [0.2, 0.25) is 5.91 Å². The van der Waals surface area contributed by atoms with Crippen molar-refractivity contribution >= 4 is 11.9 Å². The fourth-order valence-electron chi connectivity index (χ4n) is 9.69. The molecule has 1 amide bonds. The van der Waals surface area contributed by atoms with E-state index in [0.29, 0.717) is 19.4 Å². The van der Waals surface area contributed by atoms with E-state index in [-0.39, 0.29) is 18.5 Å². The van der Waals surface area contributed by atoms with Gasteiger partial charge in [0.1, 0.15) is 0 Å². The van der Waals surface area contributed by atoms with Crippen LogP contribution in [0.2, 0.25) is 0 Å². The fraction of sp³-hybridized carbons (Fsp3) is 0.905. The molecule has 0 bridgehead atoms. The number of amides is 1. The highest BCUT2D eigenvalue weighted by Crippen LogP contribution is 2.18. The molecule has 0 aromatic carbocycles. The molecule has 0 heterocycles. The fourth-order valence-corrected chi connectivity index (χ4v) is 9.69. The molecule has 0 rings (SSSR count). The van der Waals surface area contributed by atoms with Crippen LogP contribution in [0.15, 0.2) is 24.3 Å². The van der Waals surface area contributed by atoms with Gasteiger partial charge in [0, 0.05) is 12.8 Å². The lowest BCUT2D eigenvalue weighted by Crippen LogP contribution is -2.45. The summed E-state index contributed by atoms with van der Waals surface area (Å²) in [6.07, 6.45) is 72.1. The average Bonchev–Trinajstić information content (AvgIpc) is 3.35. The van der Waals surface area contributed by atoms with E-state index < -0.39 is 12.1 Å². The van der Waals surface area contributed by atoms with Gasteiger partial charge in [-0.15, -0.1) is 0 Å². The molecule has 6 heteroatoms. The lowest BCUT2D eigenvalue weighted by Gasteiger charge is -2.20. The van der Waals surface area contributed by atoms with Crippen molar-refractivity contribution < 1.29 is 24.5 Å². The number of aliphatic hydroxyl groups excluding tert-OH is 2. The Morgan fingerprint density at radius 2 is 0.681 bits per heavy atom. The van der Waals surface area contributed by atoms with Gasteiger partial charge < -0.3 is 20.3 Å². The van der Waals surface area contributed by atoms with Crippen LogP contribution in [-0.4, -0.2) is 47.4 Å². The summed E-state index contributed by atoms with van der Waals surface area (Å²) in [6.45, 7) is 4.91. The summed E-state index contributed by atoms with van der Waals surface area (Å²) in [6, 6.07) is -0.628. The maximum Gasteiger partial charge on any atom is 0.305 e. The standard InChI is InChI=1S/C63H121NO5/c1-3-5-7-9-11-13-15-17-18-25-28-32-35-39-43-47-51-55-61(66)60(59-65)64-62(67)56-52-48-44-40-36-33-29-26-23-21-19-20-22-24-27-30-34-38-42-46-50-54-58-69-63(68)57-53-49-45-41-37-31-16-14-12-10-8-6-4-2/h14,16,51,55,60-61,65-66H,3-13,15,17-50,52-54,56-59H2,1-2H3,(H,64,67)/b16-14-,55-51+. The molecule has 0 saturated heterocycles. The van der Waals surface area contributed by atoms with Crippen LogP contribution >= 0.6 is 0 Å². The van der Waals surface area contributed by atoms with Gasteiger partial charge in [0.15, 0.2) is 0 Å². The quantitative estimate of drug-likeness (QED) is 0.0321. The largest absolute Gasteiger partial charge is 0.466 e. The number of carbonyl (C=O) groups is 2. The average molecular weight is 973 g/mol. The molecule has 0 aromatic rings. The Bertz CT molecular complexity index is 1080. The number of hydrogen-bond acceptors (Lipinski definition) is 5. The number of esters is 1. The van der Waals surface area contributed by atoms with Crippen molar-refractivity contribution in [1.29, 1.82) is 0 Å². The molecule has 0 aromatic heterocycles. The number of hydrogen-bond donors (Lipinski definition) is 3. The van der Waals surface area contributed by atoms with E-state index in [4.69, 9.17) is 4.74 Å². The second kappa shape index (κ2) is 58.9. The van der Waals surface area contributed by atoms with Gasteiger partial charge in [-0.2, -0.15) is 0 Å². The van der Waals surface area contributed by atoms with Crippen LogP contribution in [-0.2, 0) is 14.3 Å². The number of nitrogens with one attached hydrogen (secondary N) is 1. The third-order valence-corrected chi connectivity index (χ3v) is 14.5. The molecule has 6 nitrogen and oxygen atoms in total. The molecule has 2 unspecified atom stereocenters. The second-order valence-electron chi connectivity index (χ2n) is 21.4. The van der Waals surface area contributed by atoms with Crippen molar-refractivity contribution in [2.75, 3.05) is 13.2 Å². The first kappa shape index (κ1) is 67.3. The van der Waals surface area contributed by atoms with E-state index in [9.17, 15) is 19.8 Å². The summed E-state index contributed by atoms with van der Waals surface area (Å²) < 4.78 is 5.47. The van der Waals surface area contributed by atoms with Crippen LogP contribution in [0.25, 0.3) is 0 Å². The van der Waals surface area contributed by atoms with Gasteiger partial charge in [0.05, 0.1) is 25.4 Å². The monoisotopic (exact) mass is 972 g/mol. The third-order valence-electron chi connectivity index (χ3n) is 14.5. The van der Waals surface area contributed by atoms with Crippen LogP contribution in [0, 0.1) is 0 Å². The molecule has 0 aliphatic rings. The van der Waals surface area contributed by atoms with Crippen molar-refractivity contribution in [3.05, 3.63) is 24.3 Å². The summed E-state index contributed by atoms with van der Waals surface area (Å²) in [5.41, 5.74) is 0. The topological polar surface area (TPSA) is 95.9 Å². The highest BCUT2D eigenvalue weighted by Gasteiger charge is 2.18. The van der Waals surface area contributed by atoms with Crippen LogP contribution in [0.4, 0.5) is 0 Å². The molecule has 0 spiro atoms. The van der Waals surface area contributed by atoms with E-state index in [1.54, 1.807) is 6.08 Å². The molecular formula is C63H121NO5. The third kappa shape index (κ3) is 55.5.